The van der Waals surface area contributed by atoms with E-state index >= 15 is 0 Å². The Morgan fingerprint density at radius 2 is 2.33 bits per heavy atom. The first-order chi connectivity index (χ1) is 8.59. The molecule has 1 N–H and O–H groups in total. The van der Waals surface area contributed by atoms with E-state index in [0.29, 0.717) is 16.4 Å². The Labute approximate surface area is 106 Å². The molecule has 0 atom stereocenters. The quantitative estimate of drug-likeness (QED) is 0.841. The lowest BCUT2D eigenvalue weighted by Crippen LogP contribution is -2.05. The molecule has 1 heterocycles. The van der Waals surface area contributed by atoms with Crippen LogP contribution in [-0.4, -0.2) is 37.0 Å². The molecule has 0 fully saturated rings. The molecule has 0 unspecified atom stereocenters. The van der Waals surface area contributed by atoms with E-state index < -0.39 is 5.97 Å². The zero-order chi connectivity index (χ0) is 13.1. The summed E-state index contributed by atoms with van der Waals surface area (Å²) < 4.78 is 14.8. The number of benzene rings is 1. The SMILES string of the molecule is Cc1c(F)cccc1-n1nnnc1SCC(=O)O. The van der Waals surface area contributed by atoms with E-state index in [1.165, 1.54) is 10.7 Å². The number of halogens is 1. The number of hydrogen-bond acceptors (Lipinski definition) is 5. The summed E-state index contributed by atoms with van der Waals surface area (Å²) in [7, 11) is 0. The van der Waals surface area contributed by atoms with Crippen LogP contribution in [0.1, 0.15) is 5.56 Å². The van der Waals surface area contributed by atoms with E-state index in [1.807, 2.05) is 0 Å². The van der Waals surface area contributed by atoms with E-state index in [-0.39, 0.29) is 11.6 Å². The number of aromatic nitrogens is 4. The molecule has 18 heavy (non-hydrogen) atoms. The van der Waals surface area contributed by atoms with Crippen LogP contribution in [0.4, 0.5) is 4.39 Å². The molecule has 0 bridgehead atoms. The second kappa shape index (κ2) is 5.13. The lowest BCUT2D eigenvalue weighted by Gasteiger charge is -2.07. The van der Waals surface area contributed by atoms with Crippen molar-refractivity contribution in [3.8, 4) is 5.69 Å². The van der Waals surface area contributed by atoms with E-state index in [2.05, 4.69) is 15.5 Å². The molecular weight excluding hydrogens is 259 g/mol. The van der Waals surface area contributed by atoms with Gasteiger partial charge in [0, 0.05) is 5.56 Å². The third-order valence-electron chi connectivity index (χ3n) is 2.23. The van der Waals surface area contributed by atoms with Crippen molar-refractivity contribution in [2.45, 2.75) is 12.1 Å². The predicted molar refractivity (Wildman–Crippen MR) is 62.2 cm³/mol. The van der Waals surface area contributed by atoms with Gasteiger partial charge in [-0.1, -0.05) is 17.8 Å². The van der Waals surface area contributed by atoms with Gasteiger partial charge >= 0.3 is 5.97 Å². The van der Waals surface area contributed by atoms with Crippen molar-refractivity contribution in [2.75, 3.05) is 5.75 Å². The standard InChI is InChI=1S/C10H9FN4O2S/c1-6-7(11)3-2-4-8(6)15-10(12-13-14-15)18-5-9(16)17/h2-4H,5H2,1H3,(H,16,17). The minimum atomic E-state index is -0.967. The molecule has 0 aliphatic carbocycles. The fourth-order valence-electron chi connectivity index (χ4n) is 1.37. The summed E-state index contributed by atoms with van der Waals surface area (Å²) in [6, 6.07) is 4.55. The molecule has 1 aromatic heterocycles. The molecule has 8 heteroatoms. The van der Waals surface area contributed by atoms with Gasteiger partial charge in [-0.2, -0.15) is 4.68 Å². The molecule has 0 aliphatic rings. The first kappa shape index (κ1) is 12.5. The van der Waals surface area contributed by atoms with Gasteiger partial charge < -0.3 is 5.11 Å². The fraction of sp³-hybridized carbons (Fsp3) is 0.200. The average molecular weight is 268 g/mol. The number of hydrogen-bond donors (Lipinski definition) is 1. The van der Waals surface area contributed by atoms with Gasteiger partial charge in [-0.05, 0) is 29.5 Å². The first-order valence-corrected chi connectivity index (χ1v) is 5.96. The topological polar surface area (TPSA) is 80.9 Å². The fourth-order valence-corrected chi connectivity index (χ4v) is 1.98. The maximum absolute atomic E-state index is 13.4. The Bertz CT molecular complexity index is 587. The van der Waals surface area contributed by atoms with Crippen molar-refractivity contribution < 1.29 is 14.3 Å². The van der Waals surface area contributed by atoms with Crippen molar-refractivity contribution in [1.29, 1.82) is 0 Å². The number of rotatable bonds is 4. The zero-order valence-electron chi connectivity index (χ0n) is 9.37. The molecule has 0 saturated carbocycles. The summed E-state index contributed by atoms with van der Waals surface area (Å²) in [4.78, 5) is 10.5. The number of tetrazole rings is 1. The monoisotopic (exact) mass is 268 g/mol. The van der Waals surface area contributed by atoms with Gasteiger partial charge in [0.2, 0.25) is 5.16 Å². The van der Waals surface area contributed by atoms with Crippen LogP contribution in [-0.2, 0) is 4.79 Å². The van der Waals surface area contributed by atoms with Gasteiger partial charge in [0.05, 0.1) is 11.4 Å². The van der Waals surface area contributed by atoms with Crippen LogP contribution in [0.25, 0.3) is 5.69 Å². The van der Waals surface area contributed by atoms with Crippen LogP contribution in [0.2, 0.25) is 0 Å². The van der Waals surface area contributed by atoms with Gasteiger partial charge in [0.1, 0.15) is 5.82 Å². The third-order valence-corrected chi connectivity index (χ3v) is 3.14. The number of carboxylic acid groups (broad SMARTS) is 1. The lowest BCUT2D eigenvalue weighted by molar-refractivity contribution is -0.133. The Kier molecular flexibility index (Phi) is 3.56. The Hall–Kier alpha value is -1.96. The summed E-state index contributed by atoms with van der Waals surface area (Å²) in [5.41, 5.74) is 0.898. The molecule has 6 nitrogen and oxygen atoms in total. The van der Waals surface area contributed by atoms with Gasteiger partial charge in [0.15, 0.2) is 0 Å². The molecular formula is C10H9FN4O2S. The average Bonchev–Trinajstić information content (AvgIpc) is 2.78. The summed E-state index contributed by atoms with van der Waals surface area (Å²) in [6.45, 7) is 1.61. The highest BCUT2D eigenvalue weighted by atomic mass is 32.2. The van der Waals surface area contributed by atoms with E-state index in [9.17, 15) is 9.18 Å². The highest BCUT2D eigenvalue weighted by Gasteiger charge is 2.13. The third kappa shape index (κ3) is 2.48. The Balaban J connectivity index is 2.36. The molecule has 0 aliphatic heterocycles. The van der Waals surface area contributed by atoms with E-state index in [1.54, 1.807) is 19.1 Å². The molecule has 0 spiro atoms. The number of carbonyl (C=O) groups is 1. The Morgan fingerprint density at radius 1 is 1.56 bits per heavy atom. The van der Waals surface area contributed by atoms with Crippen molar-refractivity contribution in [3.05, 3.63) is 29.6 Å². The smallest absolute Gasteiger partial charge is 0.313 e. The summed E-state index contributed by atoms with van der Waals surface area (Å²) in [5, 5.41) is 19.9. The molecule has 1 aromatic carbocycles. The largest absolute Gasteiger partial charge is 0.481 e. The number of nitrogens with zero attached hydrogens (tertiary/aromatic N) is 4. The molecule has 0 amide bonds. The van der Waals surface area contributed by atoms with Crippen LogP contribution < -0.4 is 0 Å². The molecule has 0 radical (unpaired) electrons. The first-order valence-electron chi connectivity index (χ1n) is 4.98. The van der Waals surface area contributed by atoms with Crippen molar-refractivity contribution in [3.63, 3.8) is 0 Å². The molecule has 0 saturated heterocycles. The van der Waals surface area contributed by atoms with Crippen molar-refractivity contribution >= 4 is 17.7 Å². The maximum atomic E-state index is 13.4. The van der Waals surface area contributed by atoms with Crippen LogP contribution in [0, 0.1) is 12.7 Å². The van der Waals surface area contributed by atoms with E-state index in [0.717, 1.165) is 11.8 Å². The second-order valence-corrected chi connectivity index (χ2v) is 4.38. The minimum Gasteiger partial charge on any atom is -0.481 e. The predicted octanol–water partition coefficient (Wildman–Crippen LogP) is 1.29. The van der Waals surface area contributed by atoms with Crippen molar-refractivity contribution in [1.82, 2.24) is 20.2 Å². The van der Waals surface area contributed by atoms with Crippen LogP contribution >= 0.6 is 11.8 Å². The minimum absolute atomic E-state index is 0.158. The zero-order valence-corrected chi connectivity index (χ0v) is 10.2. The maximum Gasteiger partial charge on any atom is 0.313 e. The Morgan fingerprint density at radius 3 is 3.06 bits per heavy atom. The van der Waals surface area contributed by atoms with Crippen LogP contribution in [0.15, 0.2) is 23.4 Å². The summed E-state index contributed by atoms with van der Waals surface area (Å²) >= 11 is 0.976. The normalized spacial score (nSPS) is 10.6. The second-order valence-electron chi connectivity index (χ2n) is 3.44. The number of aliphatic carboxylic acids is 1. The van der Waals surface area contributed by atoms with Crippen molar-refractivity contribution in [2.24, 2.45) is 0 Å². The highest BCUT2D eigenvalue weighted by Crippen LogP contribution is 2.21. The summed E-state index contributed by atoms with van der Waals surface area (Å²) in [5.74, 6) is -1.49. The number of thioether (sulfide) groups is 1. The molecule has 2 rings (SSSR count). The van der Waals surface area contributed by atoms with Crippen LogP contribution in [0.5, 0.6) is 0 Å². The van der Waals surface area contributed by atoms with Gasteiger partial charge in [0.25, 0.3) is 0 Å². The lowest BCUT2D eigenvalue weighted by atomic mass is 10.2. The van der Waals surface area contributed by atoms with E-state index in [4.69, 9.17) is 5.11 Å². The highest BCUT2D eigenvalue weighted by molar-refractivity contribution is 7.99. The number of carboxylic acids is 1. The van der Waals surface area contributed by atoms with Gasteiger partial charge in [-0.25, -0.2) is 4.39 Å². The van der Waals surface area contributed by atoms with Gasteiger partial charge in [-0.15, -0.1) is 5.10 Å². The summed E-state index contributed by atoms with van der Waals surface area (Å²) in [6.07, 6.45) is 0. The van der Waals surface area contributed by atoms with Crippen LogP contribution in [0.3, 0.4) is 0 Å². The molecule has 2 aromatic rings. The molecule has 94 valence electrons. The van der Waals surface area contributed by atoms with Gasteiger partial charge in [-0.3, -0.25) is 4.79 Å².